The fourth-order valence-corrected chi connectivity index (χ4v) is 2.26. The van der Waals surface area contributed by atoms with Crippen molar-refractivity contribution < 1.29 is 4.39 Å². The molecule has 1 unspecified atom stereocenters. The lowest BCUT2D eigenvalue weighted by atomic mass is 9.86. The smallest absolute Gasteiger partial charge is 0.123 e. The van der Waals surface area contributed by atoms with Gasteiger partial charge in [-0.15, -0.1) is 0 Å². The van der Waals surface area contributed by atoms with Crippen LogP contribution >= 0.6 is 0 Å². The summed E-state index contributed by atoms with van der Waals surface area (Å²) < 4.78 is 12.9. The van der Waals surface area contributed by atoms with E-state index < -0.39 is 0 Å². The number of hydrogen-bond acceptors (Lipinski definition) is 1. The molecule has 0 heterocycles. The third kappa shape index (κ3) is 4.40. The summed E-state index contributed by atoms with van der Waals surface area (Å²) in [4.78, 5) is 0. The van der Waals surface area contributed by atoms with Crippen LogP contribution in [0, 0.1) is 5.82 Å². The second-order valence-electron chi connectivity index (χ2n) is 6.60. The van der Waals surface area contributed by atoms with Crippen molar-refractivity contribution in [2.75, 3.05) is 0 Å². The molecule has 1 atom stereocenters. The van der Waals surface area contributed by atoms with Gasteiger partial charge < -0.3 is 5.32 Å². The third-order valence-corrected chi connectivity index (χ3v) is 3.80. The number of nitrogens with one attached hydrogen (secondary N) is 1. The van der Waals surface area contributed by atoms with Gasteiger partial charge in [0, 0.05) is 12.6 Å². The molecule has 2 aromatic rings. The Hall–Kier alpha value is -1.67. The summed E-state index contributed by atoms with van der Waals surface area (Å²) in [7, 11) is 0. The van der Waals surface area contributed by atoms with E-state index in [1.165, 1.54) is 23.3 Å². The Bertz CT molecular complexity index is 564. The van der Waals surface area contributed by atoms with Crippen molar-refractivity contribution in [3.8, 4) is 0 Å². The summed E-state index contributed by atoms with van der Waals surface area (Å²) in [6.07, 6.45) is 0. The zero-order valence-electron chi connectivity index (χ0n) is 13.3. The van der Waals surface area contributed by atoms with Crippen molar-refractivity contribution in [3.05, 3.63) is 71.0 Å². The van der Waals surface area contributed by atoms with Crippen molar-refractivity contribution in [1.29, 1.82) is 0 Å². The van der Waals surface area contributed by atoms with E-state index in [1.807, 2.05) is 12.1 Å². The van der Waals surface area contributed by atoms with Crippen LogP contribution in [0.1, 0.15) is 50.4 Å². The van der Waals surface area contributed by atoms with E-state index in [-0.39, 0.29) is 17.3 Å². The van der Waals surface area contributed by atoms with E-state index in [0.717, 1.165) is 12.1 Å². The Morgan fingerprint density at radius 3 is 2.05 bits per heavy atom. The van der Waals surface area contributed by atoms with E-state index in [2.05, 4.69) is 57.3 Å². The van der Waals surface area contributed by atoms with Crippen LogP contribution in [0.4, 0.5) is 4.39 Å². The highest BCUT2D eigenvalue weighted by Crippen LogP contribution is 2.24. The van der Waals surface area contributed by atoms with Gasteiger partial charge in [-0.05, 0) is 41.2 Å². The lowest BCUT2D eigenvalue weighted by Crippen LogP contribution is -2.18. The molecule has 1 nitrogen and oxygen atoms in total. The predicted octanol–water partition coefficient (Wildman–Crippen LogP) is 4.97. The van der Waals surface area contributed by atoms with E-state index in [0.29, 0.717) is 0 Å². The maximum absolute atomic E-state index is 12.9. The van der Waals surface area contributed by atoms with Crippen LogP contribution in [0.2, 0.25) is 0 Å². The molecular formula is C19H24FN. The molecule has 0 spiro atoms. The molecule has 2 rings (SSSR count). The topological polar surface area (TPSA) is 12.0 Å². The largest absolute Gasteiger partial charge is 0.306 e. The normalized spacial score (nSPS) is 13.2. The molecule has 2 aromatic carbocycles. The minimum Gasteiger partial charge on any atom is -0.306 e. The first kappa shape index (κ1) is 15.7. The molecule has 0 amide bonds. The summed E-state index contributed by atoms with van der Waals surface area (Å²) in [5.74, 6) is -0.190. The van der Waals surface area contributed by atoms with E-state index in [4.69, 9.17) is 0 Å². The molecule has 0 aliphatic rings. The summed E-state index contributed by atoms with van der Waals surface area (Å²) in [5.41, 5.74) is 3.89. The molecule has 0 aliphatic carbocycles. The van der Waals surface area contributed by atoms with Crippen LogP contribution in [-0.2, 0) is 12.0 Å². The Kier molecular flexibility index (Phi) is 4.79. The van der Waals surface area contributed by atoms with Crippen LogP contribution < -0.4 is 5.32 Å². The second kappa shape index (κ2) is 6.40. The van der Waals surface area contributed by atoms with Gasteiger partial charge in [0.05, 0.1) is 0 Å². The summed E-state index contributed by atoms with van der Waals surface area (Å²) in [6.45, 7) is 9.55. The Morgan fingerprint density at radius 1 is 0.952 bits per heavy atom. The molecule has 0 saturated carbocycles. The highest BCUT2D eigenvalue weighted by molar-refractivity contribution is 5.29. The molecule has 0 saturated heterocycles. The molecule has 0 radical (unpaired) electrons. The maximum atomic E-state index is 12.9. The quantitative estimate of drug-likeness (QED) is 0.836. The lowest BCUT2D eigenvalue weighted by Gasteiger charge is -2.20. The van der Waals surface area contributed by atoms with Crippen LogP contribution in [0.15, 0.2) is 48.5 Å². The Labute approximate surface area is 127 Å². The summed E-state index contributed by atoms with van der Waals surface area (Å²) in [6, 6.07) is 15.7. The van der Waals surface area contributed by atoms with E-state index in [1.54, 1.807) is 0 Å². The molecule has 21 heavy (non-hydrogen) atoms. The zero-order chi connectivity index (χ0) is 15.5. The molecule has 2 heteroatoms. The molecule has 1 N–H and O–H groups in total. The molecule has 0 aromatic heterocycles. The minimum atomic E-state index is -0.190. The van der Waals surface area contributed by atoms with Gasteiger partial charge in [0.25, 0.3) is 0 Å². The highest BCUT2D eigenvalue weighted by Gasteiger charge is 2.13. The number of hydrogen-bond donors (Lipinski definition) is 1. The van der Waals surface area contributed by atoms with Gasteiger partial charge in [0.15, 0.2) is 0 Å². The van der Waals surface area contributed by atoms with Crippen molar-refractivity contribution >= 4 is 0 Å². The number of rotatable bonds is 4. The standard InChI is InChI=1S/C19H24FN/c1-14(21-13-15-5-11-18(20)12-6-15)16-7-9-17(10-8-16)19(2,3)4/h5-12,14,21H,13H2,1-4H3. The number of halogens is 1. The summed E-state index contributed by atoms with van der Waals surface area (Å²) >= 11 is 0. The average molecular weight is 285 g/mol. The van der Waals surface area contributed by atoms with Crippen molar-refractivity contribution in [2.24, 2.45) is 0 Å². The van der Waals surface area contributed by atoms with Gasteiger partial charge in [-0.3, -0.25) is 0 Å². The van der Waals surface area contributed by atoms with Gasteiger partial charge in [-0.25, -0.2) is 4.39 Å². The first-order chi connectivity index (χ1) is 9.86. The van der Waals surface area contributed by atoms with Crippen LogP contribution in [0.3, 0.4) is 0 Å². The number of benzene rings is 2. The monoisotopic (exact) mass is 285 g/mol. The van der Waals surface area contributed by atoms with Crippen LogP contribution in [0.5, 0.6) is 0 Å². The van der Waals surface area contributed by atoms with Crippen LogP contribution in [-0.4, -0.2) is 0 Å². The Morgan fingerprint density at radius 2 is 1.52 bits per heavy atom. The minimum absolute atomic E-state index is 0.184. The summed E-state index contributed by atoms with van der Waals surface area (Å²) in [5, 5.41) is 3.47. The van der Waals surface area contributed by atoms with E-state index >= 15 is 0 Å². The highest BCUT2D eigenvalue weighted by atomic mass is 19.1. The van der Waals surface area contributed by atoms with Gasteiger partial charge >= 0.3 is 0 Å². The van der Waals surface area contributed by atoms with Crippen molar-refractivity contribution in [2.45, 2.75) is 45.7 Å². The van der Waals surface area contributed by atoms with E-state index in [9.17, 15) is 4.39 Å². The SMILES string of the molecule is CC(NCc1ccc(F)cc1)c1ccc(C(C)(C)C)cc1. The predicted molar refractivity (Wildman–Crippen MR) is 86.8 cm³/mol. The first-order valence-electron chi connectivity index (χ1n) is 7.44. The van der Waals surface area contributed by atoms with Gasteiger partial charge in [0.2, 0.25) is 0 Å². The Balaban J connectivity index is 1.97. The molecule has 0 bridgehead atoms. The maximum Gasteiger partial charge on any atom is 0.123 e. The first-order valence-corrected chi connectivity index (χ1v) is 7.44. The van der Waals surface area contributed by atoms with Gasteiger partial charge in [-0.2, -0.15) is 0 Å². The van der Waals surface area contributed by atoms with Gasteiger partial charge in [0.1, 0.15) is 5.82 Å². The zero-order valence-corrected chi connectivity index (χ0v) is 13.3. The van der Waals surface area contributed by atoms with Crippen LogP contribution in [0.25, 0.3) is 0 Å². The molecular weight excluding hydrogens is 261 g/mol. The molecule has 0 fully saturated rings. The lowest BCUT2D eigenvalue weighted by molar-refractivity contribution is 0.568. The molecule has 112 valence electrons. The van der Waals surface area contributed by atoms with Crippen molar-refractivity contribution in [1.82, 2.24) is 5.32 Å². The fourth-order valence-electron chi connectivity index (χ4n) is 2.26. The fraction of sp³-hybridized carbons (Fsp3) is 0.368. The second-order valence-corrected chi connectivity index (χ2v) is 6.60. The molecule has 0 aliphatic heterocycles. The van der Waals surface area contributed by atoms with Crippen molar-refractivity contribution in [3.63, 3.8) is 0 Å². The third-order valence-electron chi connectivity index (χ3n) is 3.80. The average Bonchev–Trinajstić information content (AvgIpc) is 2.45. The van der Waals surface area contributed by atoms with Gasteiger partial charge in [-0.1, -0.05) is 57.2 Å².